The van der Waals surface area contributed by atoms with E-state index in [2.05, 4.69) is 20.9 Å². The van der Waals surface area contributed by atoms with Crippen molar-refractivity contribution in [2.24, 2.45) is 5.84 Å². The summed E-state index contributed by atoms with van der Waals surface area (Å²) in [7, 11) is 0. The highest BCUT2D eigenvalue weighted by molar-refractivity contribution is 6.02. The van der Waals surface area contributed by atoms with Crippen LogP contribution >= 0.6 is 0 Å². The van der Waals surface area contributed by atoms with Gasteiger partial charge in [-0.2, -0.15) is 0 Å². The van der Waals surface area contributed by atoms with Crippen LogP contribution in [0.15, 0.2) is 24.3 Å². The number of nitrogen functional groups attached to an aromatic ring is 1. The maximum atomic E-state index is 13.0. The Hall–Kier alpha value is -2.68. The van der Waals surface area contributed by atoms with Gasteiger partial charge in [-0.1, -0.05) is 0 Å². The molecule has 0 aliphatic carbocycles. The summed E-state index contributed by atoms with van der Waals surface area (Å²) in [4.78, 5) is 11.7. The van der Waals surface area contributed by atoms with Crippen molar-refractivity contribution in [3.8, 4) is 0 Å². The van der Waals surface area contributed by atoms with Crippen LogP contribution in [0.25, 0.3) is 0 Å². The summed E-state index contributed by atoms with van der Waals surface area (Å²) in [6.07, 6.45) is 0. The number of benzene rings is 1. The third-order valence-corrected chi connectivity index (χ3v) is 2.29. The number of halogens is 3. The SMILES string of the molecule is NNc1ccc(C(=O)Nc2cc(F)c(F)c(F)c2)nn1. The highest BCUT2D eigenvalue weighted by Crippen LogP contribution is 2.17. The summed E-state index contributed by atoms with van der Waals surface area (Å²) < 4.78 is 38.7. The second-order valence-electron chi connectivity index (χ2n) is 3.66. The molecule has 1 aromatic carbocycles. The van der Waals surface area contributed by atoms with Crippen molar-refractivity contribution >= 4 is 17.4 Å². The van der Waals surface area contributed by atoms with E-state index < -0.39 is 23.4 Å². The largest absolute Gasteiger partial charge is 0.320 e. The standard InChI is InChI=1S/C11H8F3N5O/c12-6-3-5(4-7(13)10(6)14)16-11(20)8-1-2-9(17-15)19-18-8/h1-4H,15H2,(H,16,20)(H,17,19). The fraction of sp³-hybridized carbons (Fsp3) is 0. The molecule has 0 saturated heterocycles. The molecule has 0 saturated carbocycles. The van der Waals surface area contributed by atoms with Crippen molar-refractivity contribution in [1.29, 1.82) is 0 Å². The van der Waals surface area contributed by atoms with Gasteiger partial charge < -0.3 is 10.7 Å². The first-order valence-electron chi connectivity index (χ1n) is 5.27. The Bertz CT molecular complexity index is 624. The van der Waals surface area contributed by atoms with Crippen molar-refractivity contribution in [2.45, 2.75) is 0 Å². The van der Waals surface area contributed by atoms with E-state index in [0.717, 1.165) is 0 Å². The molecule has 9 heteroatoms. The van der Waals surface area contributed by atoms with Gasteiger partial charge in [0.05, 0.1) is 0 Å². The normalized spacial score (nSPS) is 10.2. The molecule has 1 amide bonds. The average molecular weight is 283 g/mol. The molecule has 0 unspecified atom stereocenters. The minimum Gasteiger partial charge on any atom is -0.320 e. The lowest BCUT2D eigenvalue weighted by atomic mass is 10.2. The maximum Gasteiger partial charge on any atom is 0.276 e. The Morgan fingerprint density at radius 2 is 1.75 bits per heavy atom. The van der Waals surface area contributed by atoms with Gasteiger partial charge >= 0.3 is 0 Å². The van der Waals surface area contributed by atoms with Gasteiger partial charge in [0.2, 0.25) is 0 Å². The number of aromatic nitrogens is 2. The van der Waals surface area contributed by atoms with Gasteiger partial charge in [0, 0.05) is 17.8 Å². The first-order chi connectivity index (χ1) is 9.51. The van der Waals surface area contributed by atoms with E-state index in [0.29, 0.717) is 12.1 Å². The van der Waals surface area contributed by atoms with Gasteiger partial charge in [-0.05, 0) is 12.1 Å². The molecule has 1 heterocycles. The number of nitrogens with two attached hydrogens (primary N) is 1. The fourth-order valence-corrected chi connectivity index (χ4v) is 1.35. The summed E-state index contributed by atoms with van der Waals surface area (Å²) in [5, 5.41) is 9.26. The number of anilines is 2. The smallest absolute Gasteiger partial charge is 0.276 e. The minimum atomic E-state index is -1.61. The fourth-order valence-electron chi connectivity index (χ4n) is 1.35. The van der Waals surface area contributed by atoms with Crippen LogP contribution < -0.4 is 16.6 Å². The molecular weight excluding hydrogens is 275 g/mol. The van der Waals surface area contributed by atoms with Crippen LogP contribution in [0.4, 0.5) is 24.7 Å². The number of nitrogens with one attached hydrogen (secondary N) is 2. The number of hydrazine groups is 1. The molecule has 0 atom stereocenters. The molecule has 1 aromatic heterocycles. The van der Waals surface area contributed by atoms with E-state index in [-0.39, 0.29) is 17.2 Å². The summed E-state index contributed by atoms with van der Waals surface area (Å²) >= 11 is 0. The number of hydrogen-bond donors (Lipinski definition) is 3. The van der Waals surface area contributed by atoms with Crippen molar-refractivity contribution in [3.05, 3.63) is 47.4 Å². The predicted molar refractivity (Wildman–Crippen MR) is 64.1 cm³/mol. The lowest BCUT2D eigenvalue weighted by molar-refractivity contribution is 0.102. The van der Waals surface area contributed by atoms with Crippen LogP contribution in [0.2, 0.25) is 0 Å². The molecule has 0 bridgehead atoms. The van der Waals surface area contributed by atoms with E-state index >= 15 is 0 Å². The molecule has 4 N–H and O–H groups in total. The molecule has 0 spiro atoms. The van der Waals surface area contributed by atoms with Crippen molar-refractivity contribution in [2.75, 3.05) is 10.7 Å². The van der Waals surface area contributed by atoms with Gasteiger partial charge in [0.25, 0.3) is 5.91 Å². The number of hydrogen-bond acceptors (Lipinski definition) is 5. The van der Waals surface area contributed by atoms with E-state index in [1.165, 1.54) is 12.1 Å². The van der Waals surface area contributed by atoms with Gasteiger partial charge in [-0.25, -0.2) is 19.0 Å². The number of amides is 1. The molecule has 0 aliphatic rings. The first kappa shape index (κ1) is 13.7. The molecule has 2 rings (SSSR count). The first-order valence-corrected chi connectivity index (χ1v) is 5.27. The van der Waals surface area contributed by atoms with Gasteiger partial charge in [-0.3, -0.25) is 4.79 Å². The molecule has 6 nitrogen and oxygen atoms in total. The van der Waals surface area contributed by atoms with Crippen LogP contribution in [0.3, 0.4) is 0 Å². The van der Waals surface area contributed by atoms with E-state index in [9.17, 15) is 18.0 Å². The average Bonchev–Trinajstić information content (AvgIpc) is 2.44. The van der Waals surface area contributed by atoms with Crippen molar-refractivity contribution < 1.29 is 18.0 Å². The topological polar surface area (TPSA) is 92.9 Å². The molecule has 20 heavy (non-hydrogen) atoms. The highest BCUT2D eigenvalue weighted by atomic mass is 19.2. The zero-order valence-electron chi connectivity index (χ0n) is 9.82. The minimum absolute atomic E-state index is 0.103. The zero-order chi connectivity index (χ0) is 14.7. The van der Waals surface area contributed by atoms with Gasteiger partial charge in [-0.15, -0.1) is 10.2 Å². The Morgan fingerprint density at radius 1 is 1.10 bits per heavy atom. The second-order valence-corrected chi connectivity index (χ2v) is 3.66. The number of carbonyl (C=O) groups is 1. The van der Waals surface area contributed by atoms with Crippen LogP contribution in [0.1, 0.15) is 10.5 Å². The number of carbonyl (C=O) groups excluding carboxylic acids is 1. The molecule has 0 aliphatic heterocycles. The zero-order valence-corrected chi connectivity index (χ0v) is 9.82. The third kappa shape index (κ3) is 2.83. The third-order valence-electron chi connectivity index (χ3n) is 2.29. The molecule has 0 radical (unpaired) electrons. The monoisotopic (exact) mass is 283 g/mol. The van der Waals surface area contributed by atoms with E-state index in [1.54, 1.807) is 0 Å². The quantitative estimate of drug-likeness (QED) is 0.450. The van der Waals surface area contributed by atoms with Crippen molar-refractivity contribution in [1.82, 2.24) is 10.2 Å². The maximum absolute atomic E-state index is 13.0. The van der Waals surface area contributed by atoms with E-state index in [1.807, 2.05) is 0 Å². The molecule has 104 valence electrons. The molecule has 2 aromatic rings. The Labute approximate surface area is 110 Å². The Balaban J connectivity index is 2.18. The summed E-state index contributed by atoms with van der Waals surface area (Å²) in [5.74, 6) is 0.127. The van der Waals surface area contributed by atoms with Crippen LogP contribution in [-0.4, -0.2) is 16.1 Å². The summed E-state index contributed by atoms with van der Waals surface area (Å²) in [6, 6.07) is 3.99. The van der Waals surface area contributed by atoms with Gasteiger partial charge in [0.1, 0.15) is 0 Å². The van der Waals surface area contributed by atoms with Gasteiger partial charge in [0.15, 0.2) is 29.0 Å². The predicted octanol–water partition coefficient (Wildman–Crippen LogP) is 1.43. The van der Waals surface area contributed by atoms with Crippen LogP contribution in [-0.2, 0) is 0 Å². The number of rotatable bonds is 3. The lowest BCUT2D eigenvalue weighted by Crippen LogP contribution is -2.16. The molecule has 0 fully saturated rings. The van der Waals surface area contributed by atoms with E-state index in [4.69, 9.17) is 5.84 Å². The second kappa shape index (κ2) is 5.53. The lowest BCUT2D eigenvalue weighted by Gasteiger charge is -2.06. The summed E-state index contributed by atoms with van der Waals surface area (Å²) in [6.45, 7) is 0. The van der Waals surface area contributed by atoms with Crippen LogP contribution in [0, 0.1) is 17.5 Å². The Kier molecular flexibility index (Phi) is 3.80. The highest BCUT2D eigenvalue weighted by Gasteiger charge is 2.14. The number of nitrogens with zero attached hydrogens (tertiary/aromatic N) is 2. The van der Waals surface area contributed by atoms with Crippen molar-refractivity contribution in [3.63, 3.8) is 0 Å². The van der Waals surface area contributed by atoms with Crippen LogP contribution in [0.5, 0.6) is 0 Å². The Morgan fingerprint density at radius 3 is 2.25 bits per heavy atom. The molecular formula is C11H8F3N5O. The summed E-state index contributed by atoms with van der Waals surface area (Å²) in [5.41, 5.74) is 1.87.